The molecular weight excluding hydrogens is 408 g/mol. The Hall–Kier alpha value is -1.87. The Morgan fingerprint density at radius 3 is 2.76 bits per heavy atom. The third-order valence-electron chi connectivity index (χ3n) is 5.17. The summed E-state index contributed by atoms with van der Waals surface area (Å²) < 4.78 is 25.5. The van der Waals surface area contributed by atoms with Crippen LogP contribution in [0, 0.1) is 6.92 Å². The van der Waals surface area contributed by atoms with Crippen LogP contribution >= 0.6 is 11.8 Å². The Balaban J connectivity index is 1.77. The van der Waals surface area contributed by atoms with Crippen LogP contribution in [0.15, 0.2) is 29.4 Å². The summed E-state index contributed by atoms with van der Waals surface area (Å²) in [4.78, 5) is 14.5. The molecule has 1 aliphatic rings. The van der Waals surface area contributed by atoms with E-state index in [4.69, 9.17) is 0 Å². The average molecular weight is 437 g/mol. The molecule has 0 aliphatic carbocycles. The van der Waals surface area contributed by atoms with Crippen LogP contribution in [0.1, 0.15) is 32.3 Å². The minimum atomic E-state index is -3.03. The van der Waals surface area contributed by atoms with E-state index in [1.807, 2.05) is 32.0 Å². The predicted molar refractivity (Wildman–Crippen MR) is 116 cm³/mol. The lowest BCUT2D eigenvalue weighted by molar-refractivity contribution is -0.130. The van der Waals surface area contributed by atoms with Crippen LogP contribution < -0.4 is 0 Å². The van der Waals surface area contributed by atoms with E-state index < -0.39 is 9.84 Å². The van der Waals surface area contributed by atoms with Crippen LogP contribution in [-0.2, 0) is 21.2 Å². The summed E-state index contributed by atoms with van der Waals surface area (Å²) >= 11 is 1.37. The van der Waals surface area contributed by atoms with Crippen molar-refractivity contribution in [1.82, 2.24) is 19.7 Å². The SMILES string of the molecule is CCCn1c(SC(C)C(=O)N(C)C2CCS(=O)(=O)C2)nnc1-c1cccc(C)c1. The van der Waals surface area contributed by atoms with Crippen molar-refractivity contribution in [2.45, 2.75) is 56.6 Å². The topological polar surface area (TPSA) is 85.2 Å². The van der Waals surface area contributed by atoms with Gasteiger partial charge in [-0.15, -0.1) is 10.2 Å². The van der Waals surface area contributed by atoms with Gasteiger partial charge in [-0.05, 0) is 32.8 Å². The fourth-order valence-corrected chi connectivity index (χ4v) is 6.31. The fraction of sp³-hybridized carbons (Fsp3) is 0.550. The molecule has 9 heteroatoms. The second-order valence-corrected chi connectivity index (χ2v) is 11.1. The molecule has 2 heterocycles. The van der Waals surface area contributed by atoms with Gasteiger partial charge in [0.1, 0.15) is 0 Å². The molecule has 1 aromatic heterocycles. The van der Waals surface area contributed by atoms with Crippen LogP contribution in [0.3, 0.4) is 0 Å². The number of nitrogens with zero attached hydrogens (tertiary/aromatic N) is 4. The number of amides is 1. The first-order valence-electron chi connectivity index (χ1n) is 9.86. The number of hydrogen-bond donors (Lipinski definition) is 0. The molecule has 1 fully saturated rings. The van der Waals surface area contributed by atoms with Gasteiger partial charge in [0.05, 0.1) is 16.8 Å². The summed E-state index contributed by atoms with van der Waals surface area (Å²) in [6.45, 7) is 6.73. The van der Waals surface area contributed by atoms with Gasteiger partial charge in [0, 0.05) is 25.2 Å². The monoisotopic (exact) mass is 436 g/mol. The maximum atomic E-state index is 12.9. The van der Waals surface area contributed by atoms with Crippen LogP contribution in [0.2, 0.25) is 0 Å². The average Bonchev–Trinajstić information content (AvgIpc) is 3.24. The lowest BCUT2D eigenvalue weighted by atomic mass is 10.1. The molecular formula is C20H28N4O3S2. The van der Waals surface area contributed by atoms with Gasteiger partial charge in [-0.2, -0.15) is 0 Å². The number of hydrogen-bond acceptors (Lipinski definition) is 6. The second-order valence-electron chi connectivity index (χ2n) is 7.59. The van der Waals surface area contributed by atoms with Gasteiger partial charge in [-0.25, -0.2) is 8.42 Å². The fourth-order valence-electron chi connectivity index (χ4n) is 3.55. The van der Waals surface area contributed by atoms with E-state index in [0.717, 1.165) is 29.9 Å². The zero-order chi connectivity index (χ0) is 21.2. The molecule has 29 heavy (non-hydrogen) atoms. The predicted octanol–water partition coefficient (Wildman–Crippen LogP) is 2.79. The lowest BCUT2D eigenvalue weighted by Gasteiger charge is -2.26. The highest BCUT2D eigenvalue weighted by atomic mass is 32.2. The van der Waals surface area contributed by atoms with Crippen LogP contribution in [0.25, 0.3) is 11.4 Å². The molecule has 0 radical (unpaired) electrons. The Bertz CT molecular complexity index is 987. The Morgan fingerprint density at radius 2 is 2.14 bits per heavy atom. The molecule has 2 aromatic rings. The summed E-state index contributed by atoms with van der Waals surface area (Å²) in [5.41, 5.74) is 2.16. The van der Waals surface area contributed by atoms with Gasteiger partial charge >= 0.3 is 0 Å². The van der Waals surface area contributed by atoms with E-state index in [0.29, 0.717) is 11.6 Å². The molecule has 1 amide bonds. The van der Waals surface area contributed by atoms with Crippen molar-refractivity contribution in [1.29, 1.82) is 0 Å². The number of aromatic nitrogens is 3. The smallest absolute Gasteiger partial charge is 0.235 e. The molecule has 1 saturated heterocycles. The van der Waals surface area contributed by atoms with Crippen LogP contribution in [-0.4, -0.2) is 63.8 Å². The van der Waals surface area contributed by atoms with Crippen molar-refractivity contribution >= 4 is 27.5 Å². The van der Waals surface area contributed by atoms with Crippen LogP contribution in [0.4, 0.5) is 0 Å². The number of sulfone groups is 1. The number of thioether (sulfide) groups is 1. The van der Waals surface area contributed by atoms with E-state index in [-0.39, 0.29) is 28.7 Å². The summed E-state index contributed by atoms with van der Waals surface area (Å²) in [5.74, 6) is 0.922. The van der Waals surface area contributed by atoms with Gasteiger partial charge in [0.25, 0.3) is 0 Å². The standard InChI is InChI=1S/C20H28N4O3S2/c1-5-10-24-18(16-8-6-7-14(2)12-16)21-22-20(24)28-15(3)19(25)23(4)17-9-11-29(26,27)13-17/h6-8,12,15,17H,5,9-11,13H2,1-4H3. The molecule has 3 rings (SSSR count). The number of rotatable bonds is 7. The van der Waals surface area contributed by atoms with E-state index in [2.05, 4.69) is 27.8 Å². The van der Waals surface area contributed by atoms with E-state index in [1.165, 1.54) is 11.8 Å². The largest absolute Gasteiger partial charge is 0.341 e. The number of aryl methyl sites for hydroxylation is 1. The Morgan fingerprint density at radius 1 is 1.38 bits per heavy atom. The molecule has 158 valence electrons. The lowest BCUT2D eigenvalue weighted by Crippen LogP contribution is -2.41. The highest BCUT2D eigenvalue weighted by Gasteiger charge is 2.34. The quantitative estimate of drug-likeness (QED) is 0.621. The first-order valence-corrected chi connectivity index (χ1v) is 12.6. The number of benzene rings is 1. The maximum absolute atomic E-state index is 12.9. The zero-order valence-electron chi connectivity index (χ0n) is 17.3. The van der Waals surface area contributed by atoms with Gasteiger partial charge in [-0.3, -0.25) is 4.79 Å². The summed E-state index contributed by atoms with van der Waals surface area (Å²) in [5, 5.41) is 9.06. The molecule has 1 aliphatic heterocycles. The van der Waals surface area contributed by atoms with Crippen molar-refractivity contribution in [3.63, 3.8) is 0 Å². The highest BCUT2D eigenvalue weighted by Crippen LogP contribution is 2.29. The minimum Gasteiger partial charge on any atom is -0.341 e. The van der Waals surface area contributed by atoms with Gasteiger partial charge in [-0.1, -0.05) is 42.4 Å². The van der Waals surface area contributed by atoms with Gasteiger partial charge in [0.2, 0.25) is 5.91 Å². The van der Waals surface area contributed by atoms with Crippen LogP contribution in [0.5, 0.6) is 0 Å². The van der Waals surface area contributed by atoms with Crippen molar-refractivity contribution in [2.24, 2.45) is 0 Å². The molecule has 0 N–H and O–H groups in total. The molecule has 7 nitrogen and oxygen atoms in total. The first kappa shape index (κ1) is 21.8. The highest BCUT2D eigenvalue weighted by molar-refractivity contribution is 8.00. The third-order valence-corrected chi connectivity index (χ3v) is 7.99. The minimum absolute atomic E-state index is 0.0517. The van der Waals surface area contributed by atoms with Crippen molar-refractivity contribution in [2.75, 3.05) is 18.6 Å². The van der Waals surface area contributed by atoms with E-state index in [9.17, 15) is 13.2 Å². The zero-order valence-corrected chi connectivity index (χ0v) is 19.0. The molecule has 1 aromatic carbocycles. The second kappa shape index (κ2) is 8.87. The molecule has 0 saturated carbocycles. The summed E-state index contributed by atoms with van der Waals surface area (Å²) in [6, 6.07) is 7.89. The number of carbonyl (C=O) groups excluding carboxylic acids is 1. The van der Waals surface area contributed by atoms with Crippen molar-refractivity contribution in [3.05, 3.63) is 29.8 Å². The molecule has 2 unspecified atom stereocenters. The summed E-state index contributed by atoms with van der Waals surface area (Å²) in [7, 11) is -1.34. The van der Waals surface area contributed by atoms with E-state index in [1.54, 1.807) is 11.9 Å². The molecule has 0 spiro atoms. The Labute approximate surface area is 176 Å². The maximum Gasteiger partial charge on any atom is 0.235 e. The van der Waals surface area contributed by atoms with Gasteiger partial charge in [0.15, 0.2) is 20.8 Å². The first-order chi connectivity index (χ1) is 13.7. The Kier molecular flexibility index (Phi) is 6.68. The normalized spacial score (nSPS) is 19.2. The van der Waals surface area contributed by atoms with Crippen molar-refractivity contribution < 1.29 is 13.2 Å². The molecule has 2 atom stereocenters. The van der Waals surface area contributed by atoms with Crippen molar-refractivity contribution in [3.8, 4) is 11.4 Å². The van der Waals surface area contributed by atoms with Gasteiger partial charge < -0.3 is 9.47 Å². The third kappa shape index (κ3) is 5.01. The van der Waals surface area contributed by atoms with E-state index >= 15 is 0 Å². The molecule has 0 bridgehead atoms. The number of carbonyl (C=O) groups is 1. The summed E-state index contributed by atoms with van der Waals surface area (Å²) in [6.07, 6.45) is 1.43.